The molecule has 1 aliphatic carbocycles. The van der Waals surface area contributed by atoms with Crippen molar-refractivity contribution < 1.29 is 9.47 Å². The van der Waals surface area contributed by atoms with E-state index < -0.39 is 0 Å². The van der Waals surface area contributed by atoms with Crippen LogP contribution in [0.4, 0.5) is 0 Å². The lowest BCUT2D eigenvalue weighted by molar-refractivity contribution is 0.107. The van der Waals surface area contributed by atoms with Crippen LogP contribution in [0.2, 0.25) is 0 Å². The number of guanidine groups is 1. The second kappa shape index (κ2) is 12.2. The molecular formula is C24H33N3O2. The first kappa shape index (κ1) is 21.3. The number of aliphatic imine (C=N–C) groups is 1. The Balaban J connectivity index is 1.28. The molecule has 1 saturated carbocycles. The first-order valence-corrected chi connectivity index (χ1v) is 10.6. The summed E-state index contributed by atoms with van der Waals surface area (Å²) in [6.45, 7) is 4.60. The maximum Gasteiger partial charge on any atom is 0.191 e. The van der Waals surface area contributed by atoms with Crippen molar-refractivity contribution in [2.24, 2.45) is 10.9 Å². The molecule has 0 spiro atoms. The number of hydrogen-bond donors (Lipinski definition) is 2. The molecule has 0 unspecified atom stereocenters. The molecule has 2 aromatic carbocycles. The van der Waals surface area contributed by atoms with Crippen LogP contribution in [-0.4, -0.2) is 32.8 Å². The van der Waals surface area contributed by atoms with Crippen LogP contribution in [0.1, 0.15) is 36.0 Å². The SMILES string of the molecule is CN=C(NCCCOCC1CC1)NCc1ccc(COCc2ccccc2)cc1. The van der Waals surface area contributed by atoms with E-state index in [1.807, 2.05) is 18.2 Å². The summed E-state index contributed by atoms with van der Waals surface area (Å²) in [4.78, 5) is 4.28. The zero-order valence-corrected chi connectivity index (χ0v) is 17.4. The third-order valence-corrected chi connectivity index (χ3v) is 4.90. The minimum atomic E-state index is 0.620. The van der Waals surface area contributed by atoms with Crippen LogP contribution in [0.15, 0.2) is 59.6 Å². The van der Waals surface area contributed by atoms with Crippen LogP contribution in [0.3, 0.4) is 0 Å². The first-order chi connectivity index (χ1) is 14.3. The summed E-state index contributed by atoms with van der Waals surface area (Å²) >= 11 is 0. The fourth-order valence-corrected chi connectivity index (χ4v) is 2.94. The van der Waals surface area contributed by atoms with Crippen molar-refractivity contribution in [3.05, 3.63) is 71.3 Å². The van der Waals surface area contributed by atoms with E-state index in [9.17, 15) is 0 Å². The van der Waals surface area contributed by atoms with Gasteiger partial charge in [-0.05, 0) is 41.9 Å². The summed E-state index contributed by atoms with van der Waals surface area (Å²) in [5.74, 6) is 1.65. The summed E-state index contributed by atoms with van der Waals surface area (Å²) in [5.41, 5.74) is 3.59. The maximum atomic E-state index is 5.79. The average molecular weight is 396 g/mol. The highest BCUT2D eigenvalue weighted by Gasteiger charge is 2.20. The second-order valence-electron chi connectivity index (χ2n) is 7.52. The minimum Gasteiger partial charge on any atom is -0.381 e. The van der Waals surface area contributed by atoms with E-state index in [-0.39, 0.29) is 0 Å². The molecule has 0 atom stereocenters. The number of benzene rings is 2. The Hall–Kier alpha value is -2.37. The summed E-state index contributed by atoms with van der Waals surface area (Å²) in [6.07, 6.45) is 3.68. The van der Waals surface area contributed by atoms with E-state index in [2.05, 4.69) is 52.0 Å². The molecule has 0 heterocycles. The Labute approximate surface area is 174 Å². The topological polar surface area (TPSA) is 54.9 Å². The predicted octanol–water partition coefficient (Wildman–Crippen LogP) is 3.89. The van der Waals surface area contributed by atoms with E-state index in [1.54, 1.807) is 7.05 Å². The van der Waals surface area contributed by atoms with Crippen LogP contribution < -0.4 is 10.6 Å². The lowest BCUT2D eigenvalue weighted by atomic mass is 10.1. The molecular weight excluding hydrogens is 362 g/mol. The summed E-state index contributed by atoms with van der Waals surface area (Å²) in [5, 5.41) is 6.69. The molecule has 5 heteroatoms. The predicted molar refractivity (Wildman–Crippen MR) is 118 cm³/mol. The third kappa shape index (κ3) is 8.67. The van der Waals surface area contributed by atoms with Gasteiger partial charge in [-0.25, -0.2) is 0 Å². The molecule has 2 N–H and O–H groups in total. The van der Waals surface area contributed by atoms with Gasteiger partial charge in [-0.1, -0.05) is 54.6 Å². The fraction of sp³-hybridized carbons (Fsp3) is 0.458. The Morgan fingerprint density at radius 3 is 2.28 bits per heavy atom. The van der Waals surface area contributed by atoms with Crippen LogP contribution in [0, 0.1) is 5.92 Å². The monoisotopic (exact) mass is 395 g/mol. The highest BCUT2D eigenvalue weighted by Crippen LogP contribution is 2.28. The molecule has 1 aliphatic rings. The van der Waals surface area contributed by atoms with E-state index in [4.69, 9.17) is 9.47 Å². The minimum absolute atomic E-state index is 0.620. The van der Waals surface area contributed by atoms with Gasteiger partial charge in [-0.3, -0.25) is 4.99 Å². The van der Waals surface area contributed by atoms with Gasteiger partial charge in [0.2, 0.25) is 0 Å². The number of hydrogen-bond acceptors (Lipinski definition) is 3. The summed E-state index contributed by atoms with van der Waals surface area (Å²) < 4.78 is 11.5. The first-order valence-electron chi connectivity index (χ1n) is 10.6. The van der Waals surface area contributed by atoms with Gasteiger partial charge in [-0.2, -0.15) is 0 Å². The molecule has 0 saturated heterocycles. The van der Waals surface area contributed by atoms with Gasteiger partial charge in [0.25, 0.3) is 0 Å². The smallest absolute Gasteiger partial charge is 0.191 e. The van der Waals surface area contributed by atoms with E-state index in [0.717, 1.165) is 44.6 Å². The molecule has 0 radical (unpaired) electrons. The molecule has 1 fully saturated rings. The molecule has 3 rings (SSSR count). The third-order valence-electron chi connectivity index (χ3n) is 4.90. The highest BCUT2D eigenvalue weighted by atomic mass is 16.5. The number of nitrogens with one attached hydrogen (secondary N) is 2. The Bertz CT molecular complexity index is 728. The number of nitrogens with zero attached hydrogens (tertiary/aromatic N) is 1. The van der Waals surface area contributed by atoms with Crippen molar-refractivity contribution in [1.29, 1.82) is 0 Å². The number of ether oxygens (including phenoxy) is 2. The summed E-state index contributed by atoms with van der Waals surface area (Å²) in [6, 6.07) is 18.8. The van der Waals surface area contributed by atoms with Crippen molar-refractivity contribution in [3.8, 4) is 0 Å². The van der Waals surface area contributed by atoms with Crippen LogP contribution in [0.25, 0.3) is 0 Å². The van der Waals surface area contributed by atoms with Crippen molar-refractivity contribution >= 4 is 5.96 Å². The van der Waals surface area contributed by atoms with E-state index in [1.165, 1.54) is 29.5 Å². The lowest BCUT2D eigenvalue weighted by Crippen LogP contribution is -2.37. The van der Waals surface area contributed by atoms with Crippen molar-refractivity contribution in [3.63, 3.8) is 0 Å². The van der Waals surface area contributed by atoms with Crippen LogP contribution in [-0.2, 0) is 29.2 Å². The van der Waals surface area contributed by atoms with Gasteiger partial charge in [0.1, 0.15) is 0 Å². The van der Waals surface area contributed by atoms with Crippen LogP contribution >= 0.6 is 0 Å². The molecule has 29 heavy (non-hydrogen) atoms. The molecule has 0 amide bonds. The molecule has 0 bridgehead atoms. The lowest BCUT2D eigenvalue weighted by Gasteiger charge is -2.12. The fourth-order valence-electron chi connectivity index (χ4n) is 2.94. The summed E-state index contributed by atoms with van der Waals surface area (Å²) in [7, 11) is 1.80. The van der Waals surface area contributed by atoms with Crippen LogP contribution in [0.5, 0.6) is 0 Å². The standard InChI is InChI=1S/C24H33N3O2/c1-25-24(26-14-5-15-28-17-22-12-13-22)27-16-20-8-10-23(11-9-20)19-29-18-21-6-3-2-4-7-21/h2-4,6-11,22H,5,12-19H2,1H3,(H2,25,26,27). The van der Waals surface area contributed by atoms with Gasteiger partial charge >= 0.3 is 0 Å². The zero-order valence-electron chi connectivity index (χ0n) is 17.4. The van der Waals surface area contributed by atoms with E-state index in [0.29, 0.717) is 13.2 Å². The largest absolute Gasteiger partial charge is 0.381 e. The average Bonchev–Trinajstić information content (AvgIpc) is 3.59. The van der Waals surface area contributed by atoms with Gasteiger partial charge in [0, 0.05) is 33.4 Å². The van der Waals surface area contributed by atoms with Crippen molar-refractivity contribution in [2.45, 2.75) is 39.0 Å². The Morgan fingerprint density at radius 1 is 0.897 bits per heavy atom. The normalized spacial score (nSPS) is 14.0. The molecule has 156 valence electrons. The molecule has 0 aliphatic heterocycles. The molecule has 2 aromatic rings. The number of rotatable bonds is 12. The highest BCUT2D eigenvalue weighted by molar-refractivity contribution is 5.79. The Kier molecular flexibility index (Phi) is 9.01. The molecule has 0 aromatic heterocycles. The molecule has 5 nitrogen and oxygen atoms in total. The van der Waals surface area contributed by atoms with Gasteiger partial charge < -0.3 is 20.1 Å². The zero-order chi connectivity index (χ0) is 20.2. The Morgan fingerprint density at radius 2 is 1.59 bits per heavy atom. The van der Waals surface area contributed by atoms with Gasteiger partial charge in [0.05, 0.1) is 13.2 Å². The van der Waals surface area contributed by atoms with Gasteiger partial charge in [-0.15, -0.1) is 0 Å². The van der Waals surface area contributed by atoms with Crippen molar-refractivity contribution in [2.75, 3.05) is 26.8 Å². The van der Waals surface area contributed by atoms with Crippen molar-refractivity contribution in [1.82, 2.24) is 10.6 Å². The maximum absolute atomic E-state index is 5.79. The van der Waals surface area contributed by atoms with Gasteiger partial charge in [0.15, 0.2) is 5.96 Å². The van der Waals surface area contributed by atoms with E-state index >= 15 is 0 Å². The quantitative estimate of drug-likeness (QED) is 0.325. The second-order valence-corrected chi connectivity index (χ2v) is 7.52.